The lowest BCUT2D eigenvalue weighted by atomic mass is 9.76. The van der Waals surface area contributed by atoms with Crippen molar-refractivity contribution in [1.29, 1.82) is 0 Å². The van der Waals surface area contributed by atoms with Crippen LogP contribution in [0.1, 0.15) is 60.3 Å². The Morgan fingerprint density at radius 2 is 1.77 bits per heavy atom. The number of methoxy groups -OCH3 is 1. The van der Waals surface area contributed by atoms with E-state index in [1.54, 1.807) is 20.0 Å². The zero-order valence-corrected chi connectivity index (χ0v) is 26.4. The van der Waals surface area contributed by atoms with Crippen molar-refractivity contribution in [2.45, 2.75) is 85.4 Å². The van der Waals surface area contributed by atoms with E-state index >= 15 is 0 Å². The lowest BCUT2D eigenvalue weighted by molar-refractivity contribution is -0.105. The van der Waals surface area contributed by atoms with Crippen LogP contribution in [-0.2, 0) is 29.3 Å². The summed E-state index contributed by atoms with van der Waals surface area (Å²) in [6.07, 6.45) is 1.22. The van der Waals surface area contributed by atoms with E-state index in [0.717, 1.165) is 5.69 Å². The van der Waals surface area contributed by atoms with Gasteiger partial charge in [-0.25, -0.2) is 0 Å². The molecule has 0 aromatic carbocycles. The van der Waals surface area contributed by atoms with Gasteiger partial charge in [0.2, 0.25) is 5.43 Å². The van der Waals surface area contributed by atoms with Gasteiger partial charge in [0.1, 0.15) is 0 Å². The summed E-state index contributed by atoms with van der Waals surface area (Å²) in [5.74, 6) is 0.284. The number of hydrogen-bond acceptors (Lipinski definition) is 7. The van der Waals surface area contributed by atoms with E-state index in [0.29, 0.717) is 24.2 Å². The van der Waals surface area contributed by atoms with E-state index in [1.165, 1.54) is 7.11 Å². The van der Waals surface area contributed by atoms with Gasteiger partial charge in [-0.15, -0.1) is 0 Å². The van der Waals surface area contributed by atoms with Gasteiger partial charge in [0, 0.05) is 18.2 Å². The molecule has 0 amide bonds. The molecule has 0 N–H and O–H groups in total. The maximum Gasteiger partial charge on any atom is 0.332 e. The van der Waals surface area contributed by atoms with Crippen LogP contribution in [0.2, 0.25) is 18.1 Å². The predicted molar refractivity (Wildman–Crippen MR) is 145 cm³/mol. The van der Waals surface area contributed by atoms with Crippen LogP contribution in [0.3, 0.4) is 0 Å². The smallest absolute Gasteiger partial charge is 0.332 e. The van der Waals surface area contributed by atoms with Crippen LogP contribution in [-0.4, -0.2) is 52.1 Å². The number of rotatable bonds is 11. The zero-order chi connectivity index (χ0) is 26.8. The molecule has 0 spiro atoms. The lowest BCUT2D eigenvalue weighted by Gasteiger charge is -2.50. The molecule has 2 heterocycles. The van der Waals surface area contributed by atoms with E-state index in [1.807, 2.05) is 4.57 Å². The summed E-state index contributed by atoms with van der Waals surface area (Å²) in [5.41, 5.74) is 0.0152. The first-order valence-corrected chi connectivity index (χ1v) is 17.6. The average Bonchev–Trinajstić information content (AvgIpc) is 2.72. The summed E-state index contributed by atoms with van der Waals surface area (Å²) in [5, 5.41) is -0.0355. The van der Waals surface area contributed by atoms with Crippen molar-refractivity contribution in [3.8, 4) is 5.75 Å². The lowest BCUT2D eigenvalue weighted by Crippen LogP contribution is -2.52. The fourth-order valence-electron chi connectivity index (χ4n) is 3.99. The van der Waals surface area contributed by atoms with Gasteiger partial charge in [-0.2, -0.15) is 0 Å². The molecule has 0 fully saturated rings. The summed E-state index contributed by atoms with van der Waals surface area (Å²) >= 11 is 3.38. The van der Waals surface area contributed by atoms with Crippen LogP contribution in [0, 0.1) is 5.41 Å². The zero-order valence-electron chi connectivity index (χ0n) is 22.9. The second kappa shape index (κ2) is 11.5. The normalized spacial score (nSPS) is 20.5. The van der Waals surface area contributed by atoms with Crippen molar-refractivity contribution in [1.82, 2.24) is 4.57 Å². The van der Waals surface area contributed by atoms with Gasteiger partial charge in [-0.1, -0.05) is 34.6 Å². The molecule has 8 nitrogen and oxygen atoms in total. The van der Waals surface area contributed by atoms with Crippen LogP contribution in [0.4, 0.5) is 0 Å². The Balaban J connectivity index is 2.50. The molecule has 2 atom stereocenters. The topological polar surface area (TPSA) is 85.2 Å². The van der Waals surface area contributed by atoms with Gasteiger partial charge < -0.3 is 27.5 Å². The second-order valence-corrected chi connectivity index (χ2v) is 18.8. The molecule has 1 aliphatic rings. The molecular formula is C24H43BrNO7PSi. The van der Waals surface area contributed by atoms with Crippen molar-refractivity contribution >= 4 is 31.8 Å². The highest BCUT2D eigenvalue weighted by Gasteiger charge is 2.51. The Labute approximate surface area is 219 Å². The summed E-state index contributed by atoms with van der Waals surface area (Å²) < 4.78 is 45.2. The van der Waals surface area contributed by atoms with Crippen molar-refractivity contribution in [2.75, 3.05) is 33.1 Å². The third-order valence-electron chi connectivity index (χ3n) is 7.11. The molecule has 1 aliphatic heterocycles. The maximum absolute atomic E-state index is 13.0. The summed E-state index contributed by atoms with van der Waals surface area (Å²) in [4.78, 5) is 13.0. The Kier molecular flexibility index (Phi) is 10.1. The second-order valence-electron chi connectivity index (χ2n) is 11.0. The average molecular weight is 597 g/mol. The number of halogens is 1. The van der Waals surface area contributed by atoms with Crippen LogP contribution >= 0.6 is 23.5 Å². The molecule has 0 aliphatic carbocycles. The summed E-state index contributed by atoms with van der Waals surface area (Å²) in [7, 11) is -3.95. The molecular weight excluding hydrogens is 553 g/mol. The van der Waals surface area contributed by atoms with Crippen LogP contribution < -0.4 is 10.2 Å². The van der Waals surface area contributed by atoms with Crippen LogP contribution in [0.15, 0.2) is 15.5 Å². The number of nitrogens with zero attached hydrogens (tertiary/aromatic N) is 1. The largest absolute Gasteiger partial charge is 0.491 e. The van der Waals surface area contributed by atoms with Gasteiger partial charge in [0.25, 0.3) is 0 Å². The summed E-state index contributed by atoms with van der Waals surface area (Å²) in [6.45, 7) is 20.1. The Bertz CT molecular complexity index is 979. The predicted octanol–water partition coefficient (Wildman–Crippen LogP) is 6.37. The van der Waals surface area contributed by atoms with E-state index in [9.17, 15) is 9.36 Å². The van der Waals surface area contributed by atoms with E-state index in [4.69, 9.17) is 22.9 Å². The molecule has 35 heavy (non-hydrogen) atoms. The minimum Gasteiger partial charge on any atom is -0.491 e. The fourth-order valence-corrected chi connectivity index (χ4v) is 7.22. The molecule has 0 saturated carbocycles. The SMILES string of the molecule is CCOP(=O)(CCOC1Cn2cc(Br)c(=O)c(OC)c2C(O[Si](C)(C)C(C)(C)C)C1(C)C)OCC. The first-order chi connectivity index (χ1) is 16.0. The van der Waals surface area contributed by atoms with Crippen molar-refractivity contribution in [3.05, 3.63) is 26.6 Å². The van der Waals surface area contributed by atoms with Crippen molar-refractivity contribution in [2.24, 2.45) is 5.41 Å². The number of aromatic nitrogens is 1. The van der Waals surface area contributed by atoms with Gasteiger partial charge in [-0.05, 0) is 47.9 Å². The Morgan fingerprint density at radius 1 is 1.20 bits per heavy atom. The number of pyridine rings is 1. The standard InChI is InChI=1S/C24H43BrNO7PSi/c1-11-31-34(28,32-12-2)14-13-30-18-16-26-15-17(25)20(27)21(29-8)19(26)22(24(18,6)7)33-35(9,10)23(3,4)5/h15,18,22H,11-14,16H2,1-10H3. The summed E-state index contributed by atoms with van der Waals surface area (Å²) in [6, 6.07) is 0. The molecule has 11 heteroatoms. The minimum absolute atomic E-state index is 0.0355. The highest BCUT2D eigenvalue weighted by Crippen LogP contribution is 2.52. The van der Waals surface area contributed by atoms with Gasteiger partial charge in [0.05, 0.1) is 55.5 Å². The number of hydrogen-bond donors (Lipinski definition) is 0. The Hall–Kier alpha value is -0.483. The molecule has 1 aromatic heterocycles. The van der Waals surface area contributed by atoms with Crippen molar-refractivity contribution < 1.29 is 27.5 Å². The third kappa shape index (κ3) is 6.70. The number of fused-ring (bicyclic) bond motifs is 1. The molecule has 0 radical (unpaired) electrons. The van der Waals surface area contributed by atoms with Crippen molar-refractivity contribution in [3.63, 3.8) is 0 Å². The highest BCUT2D eigenvalue weighted by atomic mass is 79.9. The quantitative estimate of drug-likeness (QED) is 0.217. The molecule has 1 aromatic rings. The van der Waals surface area contributed by atoms with Crippen LogP contribution in [0.25, 0.3) is 0 Å². The third-order valence-corrected chi connectivity index (χ3v) is 14.1. The molecule has 2 rings (SSSR count). The Morgan fingerprint density at radius 3 is 2.26 bits per heavy atom. The molecule has 0 saturated heterocycles. The van der Waals surface area contributed by atoms with Gasteiger partial charge >= 0.3 is 7.60 Å². The molecule has 202 valence electrons. The van der Waals surface area contributed by atoms with E-state index < -0.39 is 27.4 Å². The highest BCUT2D eigenvalue weighted by molar-refractivity contribution is 9.10. The monoisotopic (exact) mass is 595 g/mol. The maximum atomic E-state index is 13.0. The molecule has 2 unspecified atom stereocenters. The van der Waals surface area contributed by atoms with E-state index in [2.05, 4.69) is 63.6 Å². The number of ether oxygens (including phenoxy) is 2. The minimum atomic E-state index is -3.22. The fraction of sp³-hybridized carbons (Fsp3) is 0.792. The van der Waals surface area contributed by atoms with Crippen LogP contribution in [0.5, 0.6) is 5.75 Å². The molecule has 0 bridgehead atoms. The first-order valence-electron chi connectivity index (χ1n) is 12.2. The first kappa shape index (κ1) is 30.7. The van der Waals surface area contributed by atoms with E-state index in [-0.39, 0.29) is 35.1 Å². The van der Waals surface area contributed by atoms with Gasteiger partial charge in [0.15, 0.2) is 14.1 Å². The van der Waals surface area contributed by atoms with Gasteiger partial charge in [-0.3, -0.25) is 9.36 Å².